The van der Waals surface area contributed by atoms with Gasteiger partial charge in [-0.05, 0) is 31.9 Å². The Morgan fingerprint density at radius 2 is 2.18 bits per heavy atom. The number of Topliss-reactive ketones (excluding diaryl/α,β-unsaturated/α-hetero) is 1. The van der Waals surface area contributed by atoms with Crippen LogP contribution >= 0.6 is 0 Å². The van der Waals surface area contributed by atoms with E-state index in [0.29, 0.717) is 5.56 Å². The fourth-order valence-electron chi connectivity index (χ4n) is 1.97. The van der Waals surface area contributed by atoms with Crippen LogP contribution in [0.2, 0.25) is 0 Å². The summed E-state index contributed by atoms with van der Waals surface area (Å²) in [7, 11) is 0. The molecule has 1 aromatic carbocycles. The van der Waals surface area contributed by atoms with Gasteiger partial charge in [0, 0.05) is 11.5 Å². The van der Waals surface area contributed by atoms with E-state index in [2.05, 4.69) is 5.32 Å². The topological polar surface area (TPSA) is 29.1 Å². The summed E-state index contributed by atoms with van der Waals surface area (Å²) in [6.45, 7) is 2.77. The number of carbonyl (C=O) groups is 1. The Morgan fingerprint density at radius 3 is 2.76 bits per heavy atom. The van der Waals surface area contributed by atoms with Crippen molar-refractivity contribution in [1.82, 2.24) is 5.32 Å². The van der Waals surface area contributed by atoms with E-state index in [-0.39, 0.29) is 17.5 Å². The largest absolute Gasteiger partial charge is 0.304 e. The molecule has 0 amide bonds. The lowest BCUT2D eigenvalue weighted by atomic mass is 9.99. The van der Waals surface area contributed by atoms with Gasteiger partial charge in [-0.2, -0.15) is 0 Å². The summed E-state index contributed by atoms with van der Waals surface area (Å²) in [6.07, 6.45) is 2.85. The van der Waals surface area contributed by atoms with Crippen molar-refractivity contribution in [3.63, 3.8) is 0 Å². The molecule has 2 rings (SSSR count). The molecule has 1 aliphatic carbocycles. The number of benzene rings is 1. The summed E-state index contributed by atoms with van der Waals surface area (Å²) in [6, 6.07) is 6.07. The molecule has 1 N–H and O–H groups in total. The number of ketones is 1. The second-order valence-corrected chi connectivity index (χ2v) is 4.59. The normalized spacial score (nSPS) is 16.8. The van der Waals surface area contributed by atoms with E-state index >= 15 is 0 Å². The summed E-state index contributed by atoms with van der Waals surface area (Å²) >= 11 is 0. The van der Waals surface area contributed by atoms with Gasteiger partial charge < -0.3 is 5.32 Å². The number of hydrogen-bond donors (Lipinski definition) is 1. The fraction of sp³-hybridized carbons (Fsp3) is 0.500. The van der Waals surface area contributed by atoms with Gasteiger partial charge in [0.1, 0.15) is 5.82 Å². The van der Waals surface area contributed by atoms with Gasteiger partial charge in [0.25, 0.3) is 0 Å². The van der Waals surface area contributed by atoms with Crippen molar-refractivity contribution in [3.05, 3.63) is 35.6 Å². The van der Waals surface area contributed by atoms with Crippen molar-refractivity contribution in [2.24, 2.45) is 5.92 Å². The maximum absolute atomic E-state index is 13.7. The highest BCUT2D eigenvalue weighted by Crippen LogP contribution is 2.35. The molecule has 3 heteroatoms. The Labute approximate surface area is 101 Å². The molecule has 0 radical (unpaired) electrons. The van der Waals surface area contributed by atoms with Crippen LogP contribution in [0.15, 0.2) is 24.3 Å². The van der Waals surface area contributed by atoms with Crippen molar-refractivity contribution < 1.29 is 9.18 Å². The molecule has 1 fully saturated rings. The van der Waals surface area contributed by atoms with Gasteiger partial charge >= 0.3 is 0 Å². The molecular weight excluding hydrogens is 217 g/mol. The Morgan fingerprint density at radius 1 is 1.47 bits per heavy atom. The Bertz CT molecular complexity index is 401. The zero-order chi connectivity index (χ0) is 12.3. The first-order chi connectivity index (χ1) is 8.24. The first-order valence-electron chi connectivity index (χ1n) is 6.25. The average Bonchev–Trinajstić information content (AvgIpc) is 3.15. The molecule has 0 aromatic heterocycles. The van der Waals surface area contributed by atoms with Gasteiger partial charge in [-0.1, -0.05) is 25.1 Å². The van der Waals surface area contributed by atoms with Gasteiger partial charge in [-0.15, -0.1) is 0 Å². The number of halogens is 1. The summed E-state index contributed by atoms with van der Waals surface area (Å²) < 4.78 is 13.7. The van der Waals surface area contributed by atoms with Crippen LogP contribution in [0.4, 0.5) is 4.39 Å². The van der Waals surface area contributed by atoms with E-state index in [1.54, 1.807) is 18.2 Å². The number of nitrogens with one attached hydrogen (secondary N) is 1. The first kappa shape index (κ1) is 12.2. The van der Waals surface area contributed by atoms with Crippen LogP contribution in [0.1, 0.15) is 37.8 Å². The van der Waals surface area contributed by atoms with Crippen LogP contribution in [-0.2, 0) is 4.79 Å². The molecule has 17 heavy (non-hydrogen) atoms. The van der Waals surface area contributed by atoms with E-state index in [9.17, 15) is 9.18 Å². The molecule has 1 aromatic rings. The highest BCUT2D eigenvalue weighted by Gasteiger charge is 2.36. The van der Waals surface area contributed by atoms with E-state index in [4.69, 9.17) is 0 Å². The Kier molecular flexibility index (Phi) is 3.89. The van der Waals surface area contributed by atoms with Gasteiger partial charge in [0.05, 0.1) is 6.04 Å². The number of rotatable bonds is 6. The smallest absolute Gasteiger partial charge is 0.157 e. The van der Waals surface area contributed by atoms with Crippen LogP contribution in [-0.4, -0.2) is 12.3 Å². The molecule has 0 aliphatic heterocycles. The Hall–Kier alpha value is -1.22. The molecule has 0 bridgehead atoms. The Balaban J connectivity index is 2.19. The van der Waals surface area contributed by atoms with Gasteiger partial charge in [0.15, 0.2) is 5.78 Å². The maximum Gasteiger partial charge on any atom is 0.157 e. The lowest BCUT2D eigenvalue weighted by Gasteiger charge is -2.18. The van der Waals surface area contributed by atoms with Crippen molar-refractivity contribution in [2.75, 3.05) is 6.54 Å². The molecule has 0 spiro atoms. The average molecular weight is 235 g/mol. The summed E-state index contributed by atoms with van der Waals surface area (Å²) in [5, 5.41) is 3.16. The molecule has 1 aliphatic rings. The minimum absolute atomic E-state index is 0.142. The predicted molar refractivity (Wildman–Crippen MR) is 65.2 cm³/mol. The zero-order valence-electron chi connectivity index (χ0n) is 10.1. The van der Waals surface area contributed by atoms with Gasteiger partial charge in [0.2, 0.25) is 0 Å². The molecule has 0 heterocycles. The highest BCUT2D eigenvalue weighted by atomic mass is 19.1. The predicted octanol–water partition coefficient (Wildman–Crippen LogP) is 2.85. The zero-order valence-corrected chi connectivity index (χ0v) is 10.1. The maximum atomic E-state index is 13.7. The SMILES string of the molecule is CCCNC(C(=O)C1CC1)c1ccccc1F. The highest BCUT2D eigenvalue weighted by molar-refractivity contribution is 5.89. The second kappa shape index (κ2) is 5.41. The summed E-state index contributed by atoms with van der Waals surface area (Å²) in [5.41, 5.74) is 0.484. The van der Waals surface area contributed by atoms with Crippen LogP contribution in [0.3, 0.4) is 0 Å². The first-order valence-corrected chi connectivity index (χ1v) is 6.25. The van der Waals surface area contributed by atoms with Crippen LogP contribution in [0.5, 0.6) is 0 Å². The van der Waals surface area contributed by atoms with E-state index < -0.39 is 6.04 Å². The summed E-state index contributed by atoms with van der Waals surface area (Å²) in [4.78, 5) is 12.1. The third-order valence-corrected chi connectivity index (χ3v) is 3.08. The lowest BCUT2D eigenvalue weighted by molar-refractivity contribution is -0.122. The number of hydrogen-bond acceptors (Lipinski definition) is 2. The second-order valence-electron chi connectivity index (χ2n) is 4.59. The standard InChI is InChI=1S/C14H18FNO/c1-2-9-16-13(14(17)10-7-8-10)11-5-3-4-6-12(11)15/h3-6,10,13,16H,2,7-9H2,1H3. The van der Waals surface area contributed by atoms with Crippen molar-refractivity contribution in [1.29, 1.82) is 0 Å². The van der Waals surface area contributed by atoms with Crippen LogP contribution in [0.25, 0.3) is 0 Å². The minimum Gasteiger partial charge on any atom is -0.304 e. The van der Waals surface area contributed by atoms with E-state index in [0.717, 1.165) is 25.8 Å². The molecule has 2 nitrogen and oxygen atoms in total. The monoisotopic (exact) mass is 235 g/mol. The number of carbonyl (C=O) groups excluding carboxylic acids is 1. The van der Waals surface area contributed by atoms with Crippen LogP contribution in [0, 0.1) is 11.7 Å². The fourth-order valence-corrected chi connectivity index (χ4v) is 1.97. The van der Waals surface area contributed by atoms with Crippen LogP contribution < -0.4 is 5.32 Å². The lowest BCUT2D eigenvalue weighted by Crippen LogP contribution is -2.31. The third-order valence-electron chi connectivity index (χ3n) is 3.08. The third kappa shape index (κ3) is 2.91. The van der Waals surface area contributed by atoms with Gasteiger partial charge in [-0.25, -0.2) is 4.39 Å². The summed E-state index contributed by atoms with van der Waals surface area (Å²) in [5.74, 6) is -0.0115. The molecule has 0 saturated heterocycles. The van der Waals surface area contributed by atoms with Crippen molar-refractivity contribution in [3.8, 4) is 0 Å². The quantitative estimate of drug-likeness (QED) is 0.821. The van der Waals surface area contributed by atoms with Crippen molar-refractivity contribution >= 4 is 5.78 Å². The van der Waals surface area contributed by atoms with E-state index in [1.165, 1.54) is 6.07 Å². The molecular formula is C14H18FNO. The molecule has 1 unspecified atom stereocenters. The minimum atomic E-state index is -0.469. The van der Waals surface area contributed by atoms with Gasteiger partial charge in [-0.3, -0.25) is 4.79 Å². The molecule has 1 atom stereocenters. The van der Waals surface area contributed by atoms with E-state index in [1.807, 2.05) is 6.92 Å². The molecule has 1 saturated carbocycles. The van der Waals surface area contributed by atoms with Crippen molar-refractivity contribution in [2.45, 2.75) is 32.2 Å². The molecule has 92 valence electrons.